The van der Waals surface area contributed by atoms with E-state index in [1.165, 1.54) is 17.5 Å². The van der Waals surface area contributed by atoms with Crippen LogP contribution in [0.15, 0.2) is 23.1 Å². The summed E-state index contributed by atoms with van der Waals surface area (Å²) in [4.78, 5) is 12.1. The Kier molecular flexibility index (Phi) is 4.82. The Morgan fingerprint density at radius 3 is 2.42 bits per heavy atom. The van der Waals surface area contributed by atoms with Crippen LogP contribution in [0.4, 0.5) is 0 Å². The molecule has 2 fully saturated rings. The first kappa shape index (κ1) is 18.0. The number of piperidine rings is 1. The molecule has 1 amide bonds. The molecule has 1 spiro atoms. The molecule has 26 heavy (non-hydrogen) atoms. The third-order valence-electron chi connectivity index (χ3n) is 6.60. The summed E-state index contributed by atoms with van der Waals surface area (Å²) in [5.74, 6) is 0.131. The van der Waals surface area contributed by atoms with Gasteiger partial charge in [-0.3, -0.25) is 4.79 Å². The molecule has 2 heterocycles. The van der Waals surface area contributed by atoms with Gasteiger partial charge in [-0.2, -0.15) is 4.31 Å². The van der Waals surface area contributed by atoms with E-state index in [1.54, 1.807) is 10.4 Å². The number of nitrogens with zero attached hydrogens (tertiary/aromatic N) is 1. The van der Waals surface area contributed by atoms with E-state index in [4.69, 9.17) is 0 Å². The molecule has 0 saturated carbocycles. The summed E-state index contributed by atoms with van der Waals surface area (Å²) in [6.45, 7) is 1.84. The number of hydrogen-bond acceptors (Lipinski definition) is 3. The lowest BCUT2D eigenvalue weighted by Crippen LogP contribution is -2.43. The van der Waals surface area contributed by atoms with Gasteiger partial charge in [0.25, 0.3) is 0 Å². The Morgan fingerprint density at radius 2 is 1.65 bits per heavy atom. The lowest BCUT2D eigenvalue weighted by atomic mass is 9.73. The molecule has 1 aliphatic carbocycles. The number of fused-ring (bicyclic) bond motifs is 1. The first-order chi connectivity index (χ1) is 12.5. The highest BCUT2D eigenvalue weighted by atomic mass is 32.2. The van der Waals surface area contributed by atoms with E-state index in [0.29, 0.717) is 24.4 Å². The maximum absolute atomic E-state index is 13.1. The number of sulfonamides is 1. The number of carbonyl (C=O) groups excluding carboxylic acids is 1. The molecule has 4 rings (SSSR count). The highest BCUT2D eigenvalue weighted by molar-refractivity contribution is 7.89. The molecule has 5 nitrogen and oxygen atoms in total. The minimum atomic E-state index is -3.42. The van der Waals surface area contributed by atoms with Crippen molar-refractivity contribution < 1.29 is 13.2 Å². The van der Waals surface area contributed by atoms with Gasteiger partial charge in [0.1, 0.15) is 0 Å². The zero-order valence-electron chi connectivity index (χ0n) is 15.3. The zero-order chi connectivity index (χ0) is 18.2. The van der Waals surface area contributed by atoms with Gasteiger partial charge in [0, 0.05) is 26.1 Å². The monoisotopic (exact) mass is 376 g/mol. The number of hydrogen-bond donors (Lipinski definition) is 1. The van der Waals surface area contributed by atoms with Gasteiger partial charge in [-0.05, 0) is 80.0 Å². The fourth-order valence-electron chi connectivity index (χ4n) is 4.78. The van der Waals surface area contributed by atoms with Gasteiger partial charge in [0.15, 0.2) is 0 Å². The lowest BCUT2D eigenvalue weighted by molar-refractivity contribution is -0.120. The highest BCUT2D eigenvalue weighted by Crippen LogP contribution is 2.41. The molecule has 0 atom stereocenters. The topological polar surface area (TPSA) is 66.5 Å². The lowest BCUT2D eigenvalue weighted by Gasteiger charge is -2.40. The summed E-state index contributed by atoms with van der Waals surface area (Å²) in [7, 11) is -3.42. The van der Waals surface area contributed by atoms with E-state index in [0.717, 1.165) is 51.5 Å². The molecule has 142 valence electrons. The fourth-order valence-corrected chi connectivity index (χ4v) is 6.27. The fraction of sp³-hybridized carbons (Fsp3) is 0.650. The van der Waals surface area contributed by atoms with Crippen molar-refractivity contribution in [3.63, 3.8) is 0 Å². The number of amides is 1. The molecule has 6 heteroatoms. The van der Waals surface area contributed by atoms with Crippen molar-refractivity contribution in [2.75, 3.05) is 19.6 Å². The van der Waals surface area contributed by atoms with Crippen LogP contribution in [-0.4, -0.2) is 38.3 Å². The van der Waals surface area contributed by atoms with Crippen molar-refractivity contribution >= 4 is 15.9 Å². The Morgan fingerprint density at radius 1 is 0.923 bits per heavy atom. The molecule has 3 aliphatic rings. The van der Waals surface area contributed by atoms with E-state index in [2.05, 4.69) is 5.32 Å². The third-order valence-corrected chi connectivity index (χ3v) is 8.50. The minimum absolute atomic E-state index is 0.126. The van der Waals surface area contributed by atoms with E-state index in [9.17, 15) is 13.2 Å². The Balaban J connectivity index is 1.49. The molecular formula is C20H28N2O3S. The number of nitrogens with one attached hydrogen (secondary N) is 1. The quantitative estimate of drug-likeness (QED) is 0.863. The van der Waals surface area contributed by atoms with Crippen LogP contribution in [0.5, 0.6) is 0 Å². The van der Waals surface area contributed by atoms with Gasteiger partial charge in [-0.1, -0.05) is 6.07 Å². The number of aryl methyl sites for hydroxylation is 2. The van der Waals surface area contributed by atoms with Crippen LogP contribution in [0.1, 0.15) is 56.1 Å². The number of carbonyl (C=O) groups is 1. The molecular weight excluding hydrogens is 348 g/mol. The van der Waals surface area contributed by atoms with Crippen LogP contribution in [0.3, 0.4) is 0 Å². The molecule has 1 aromatic rings. The molecule has 0 aromatic heterocycles. The van der Waals surface area contributed by atoms with Crippen LogP contribution in [0, 0.1) is 5.41 Å². The summed E-state index contributed by atoms with van der Waals surface area (Å²) in [5.41, 5.74) is 2.64. The van der Waals surface area contributed by atoms with Gasteiger partial charge < -0.3 is 5.32 Å². The Labute approximate surface area is 156 Å². The molecule has 0 unspecified atom stereocenters. The maximum Gasteiger partial charge on any atom is 0.243 e. The van der Waals surface area contributed by atoms with Gasteiger partial charge >= 0.3 is 0 Å². The smallest absolute Gasteiger partial charge is 0.243 e. The van der Waals surface area contributed by atoms with Crippen molar-refractivity contribution in [1.82, 2.24) is 9.62 Å². The third kappa shape index (κ3) is 3.41. The van der Waals surface area contributed by atoms with Crippen molar-refractivity contribution in [3.05, 3.63) is 29.3 Å². The highest BCUT2D eigenvalue weighted by Gasteiger charge is 2.39. The minimum Gasteiger partial charge on any atom is -0.356 e. The SMILES string of the molecule is O=C1CCC2(CCN1)CCN(S(=O)(=O)c1ccc3c(c1)CCCC3)CC2. The molecule has 1 N–H and O–H groups in total. The van der Waals surface area contributed by atoms with Crippen LogP contribution in [0.2, 0.25) is 0 Å². The molecule has 0 radical (unpaired) electrons. The molecule has 0 bridgehead atoms. The van der Waals surface area contributed by atoms with Crippen LogP contribution in [-0.2, 0) is 27.7 Å². The molecule has 1 aromatic carbocycles. The van der Waals surface area contributed by atoms with Gasteiger partial charge in [-0.25, -0.2) is 8.42 Å². The van der Waals surface area contributed by atoms with E-state index in [-0.39, 0.29) is 11.3 Å². The number of benzene rings is 1. The van der Waals surface area contributed by atoms with Crippen molar-refractivity contribution in [2.45, 2.75) is 62.7 Å². The second-order valence-corrected chi connectivity index (χ2v) is 10.1. The summed E-state index contributed by atoms with van der Waals surface area (Å²) in [6.07, 6.45) is 8.52. The largest absolute Gasteiger partial charge is 0.356 e. The first-order valence-electron chi connectivity index (χ1n) is 9.87. The summed E-state index contributed by atoms with van der Waals surface area (Å²) >= 11 is 0. The standard InChI is InChI=1S/C20H28N2O3S/c23-19-7-8-20(9-12-21-19)10-13-22(14-11-20)26(24,25)18-6-5-16-3-1-2-4-17(16)15-18/h5-6,15H,1-4,7-14H2,(H,21,23). The average molecular weight is 377 g/mol. The van der Waals surface area contributed by atoms with Gasteiger partial charge in [0.2, 0.25) is 15.9 Å². The average Bonchev–Trinajstić information content (AvgIpc) is 2.83. The normalized spacial score (nSPS) is 23.9. The predicted octanol–water partition coefficient (Wildman–Crippen LogP) is 2.64. The summed E-state index contributed by atoms with van der Waals surface area (Å²) in [5, 5.41) is 2.94. The summed E-state index contributed by atoms with van der Waals surface area (Å²) < 4.78 is 27.9. The van der Waals surface area contributed by atoms with E-state index < -0.39 is 10.0 Å². The van der Waals surface area contributed by atoms with Crippen LogP contribution < -0.4 is 5.32 Å². The maximum atomic E-state index is 13.1. The summed E-state index contributed by atoms with van der Waals surface area (Å²) in [6, 6.07) is 5.70. The zero-order valence-corrected chi connectivity index (χ0v) is 16.1. The van der Waals surface area contributed by atoms with E-state index in [1.807, 2.05) is 12.1 Å². The molecule has 2 aliphatic heterocycles. The van der Waals surface area contributed by atoms with Crippen LogP contribution in [0.25, 0.3) is 0 Å². The van der Waals surface area contributed by atoms with Crippen molar-refractivity contribution in [3.8, 4) is 0 Å². The van der Waals surface area contributed by atoms with Crippen molar-refractivity contribution in [1.29, 1.82) is 0 Å². The Hall–Kier alpha value is -1.40. The second-order valence-electron chi connectivity index (χ2n) is 8.14. The van der Waals surface area contributed by atoms with Crippen LogP contribution >= 0.6 is 0 Å². The first-order valence-corrected chi connectivity index (χ1v) is 11.3. The second kappa shape index (κ2) is 6.97. The number of rotatable bonds is 2. The molecule has 2 saturated heterocycles. The van der Waals surface area contributed by atoms with E-state index >= 15 is 0 Å². The van der Waals surface area contributed by atoms with Crippen molar-refractivity contribution in [2.24, 2.45) is 5.41 Å². The van der Waals surface area contributed by atoms with Gasteiger partial charge in [-0.15, -0.1) is 0 Å². The Bertz CT molecular complexity index is 795. The predicted molar refractivity (Wildman–Crippen MR) is 100 cm³/mol. The van der Waals surface area contributed by atoms with Gasteiger partial charge in [0.05, 0.1) is 4.90 Å².